The molecule has 20 heavy (non-hydrogen) atoms. The Morgan fingerprint density at radius 1 is 1.25 bits per heavy atom. The van der Waals surface area contributed by atoms with Crippen LogP contribution in [-0.4, -0.2) is 34.8 Å². The molecule has 0 fully saturated rings. The molecule has 5 heteroatoms. The Hall–Kier alpha value is -2.30. The van der Waals surface area contributed by atoms with Gasteiger partial charge in [-0.25, -0.2) is 0 Å². The first-order chi connectivity index (χ1) is 9.56. The third-order valence-electron chi connectivity index (χ3n) is 3.20. The van der Waals surface area contributed by atoms with Crippen molar-refractivity contribution in [2.75, 3.05) is 13.1 Å². The molecule has 1 amide bonds. The molecule has 5 nitrogen and oxygen atoms in total. The van der Waals surface area contributed by atoms with Crippen LogP contribution in [0.2, 0.25) is 0 Å². The standard InChI is InChI=1S/C15H18N2O3/c1-4-17(5-2)15(19)11-6-7-12-13(8-11)16-9-14(12)20-10(3)18/h6-9,16H,4-5H2,1-3H3. The van der Waals surface area contributed by atoms with Crippen LogP contribution < -0.4 is 4.74 Å². The highest BCUT2D eigenvalue weighted by Gasteiger charge is 2.14. The summed E-state index contributed by atoms with van der Waals surface area (Å²) >= 11 is 0. The zero-order valence-corrected chi connectivity index (χ0v) is 11.9. The smallest absolute Gasteiger partial charge is 0.308 e. The predicted octanol–water partition coefficient (Wildman–Crippen LogP) is 2.58. The van der Waals surface area contributed by atoms with Gasteiger partial charge in [0.05, 0.1) is 5.52 Å². The van der Waals surface area contributed by atoms with Crippen LogP contribution in [-0.2, 0) is 4.79 Å². The molecule has 1 N–H and O–H groups in total. The normalized spacial score (nSPS) is 10.6. The number of rotatable bonds is 4. The molecule has 2 rings (SSSR count). The van der Waals surface area contributed by atoms with Crippen LogP contribution in [0.1, 0.15) is 31.1 Å². The number of carbonyl (C=O) groups is 2. The van der Waals surface area contributed by atoms with Gasteiger partial charge < -0.3 is 14.6 Å². The molecule has 0 unspecified atom stereocenters. The Labute approximate surface area is 117 Å². The van der Waals surface area contributed by atoms with Gasteiger partial charge in [-0.1, -0.05) is 0 Å². The highest BCUT2D eigenvalue weighted by molar-refractivity contribution is 5.99. The molecule has 1 aromatic heterocycles. The summed E-state index contributed by atoms with van der Waals surface area (Å²) in [6.45, 7) is 6.62. The van der Waals surface area contributed by atoms with Crippen LogP contribution in [0.4, 0.5) is 0 Å². The van der Waals surface area contributed by atoms with E-state index in [1.54, 1.807) is 29.3 Å². The van der Waals surface area contributed by atoms with Crippen LogP contribution >= 0.6 is 0 Å². The first-order valence-electron chi connectivity index (χ1n) is 6.65. The summed E-state index contributed by atoms with van der Waals surface area (Å²) in [6.07, 6.45) is 1.62. The van der Waals surface area contributed by atoms with Crippen molar-refractivity contribution < 1.29 is 14.3 Å². The number of amides is 1. The van der Waals surface area contributed by atoms with Crippen molar-refractivity contribution in [2.45, 2.75) is 20.8 Å². The van der Waals surface area contributed by atoms with E-state index in [0.717, 1.165) is 10.9 Å². The molecule has 0 atom stereocenters. The lowest BCUT2D eigenvalue weighted by Gasteiger charge is -2.18. The monoisotopic (exact) mass is 274 g/mol. The first kappa shape index (κ1) is 14.1. The molecule has 1 heterocycles. The van der Waals surface area contributed by atoms with Gasteiger partial charge in [0, 0.05) is 37.2 Å². The fourth-order valence-corrected chi connectivity index (χ4v) is 2.17. The lowest BCUT2D eigenvalue weighted by Crippen LogP contribution is -2.30. The predicted molar refractivity (Wildman–Crippen MR) is 76.9 cm³/mol. The molecule has 0 aliphatic heterocycles. The quantitative estimate of drug-likeness (QED) is 0.872. The zero-order chi connectivity index (χ0) is 14.7. The Kier molecular flexibility index (Phi) is 4.08. The molecule has 0 aliphatic carbocycles. The molecule has 106 valence electrons. The van der Waals surface area contributed by atoms with Crippen molar-refractivity contribution in [3.05, 3.63) is 30.0 Å². The second kappa shape index (κ2) is 5.77. The summed E-state index contributed by atoms with van der Waals surface area (Å²) in [5.74, 6) is 0.115. The topological polar surface area (TPSA) is 62.4 Å². The van der Waals surface area contributed by atoms with Crippen LogP contribution in [0.15, 0.2) is 24.4 Å². The minimum Gasteiger partial charge on any atom is -0.424 e. The Bertz CT molecular complexity index is 642. The summed E-state index contributed by atoms with van der Waals surface area (Å²) in [4.78, 5) is 28.0. The maximum Gasteiger partial charge on any atom is 0.308 e. The Balaban J connectivity index is 2.35. The van der Waals surface area contributed by atoms with Gasteiger partial charge in [-0.2, -0.15) is 0 Å². The second-order valence-electron chi connectivity index (χ2n) is 4.48. The SMILES string of the molecule is CCN(CC)C(=O)c1ccc2c(OC(C)=O)c[nH]c2c1. The molecule has 0 saturated carbocycles. The van der Waals surface area contributed by atoms with E-state index < -0.39 is 0 Å². The van der Waals surface area contributed by atoms with Crippen molar-refractivity contribution in [2.24, 2.45) is 0 Å². The number of aromatic amines is 1. The summed E-state index contributed by atoms with van der Waals surface area (Å²) in [6, 6.07) is 5.33. The highest BCUT2D eigenvalue weighted by atomic mass is 16.5. The molecule has 2 aromatic rings. The maximum absolute atomic E-state index is 12.3. The van der Waals surface area contributed by atoms with E-state index >= 15 is 0 Å². The maximum atomic E-state index is 12.3. The van der Waals surface area contributed by atoms with Crippen molar-refractivity contribution >= 4 is 22.8 Å². The average Bonchev–Trinajstić information content (AvgIpc) is 2.81. The summed E-state index contributed by atoms with van der Waals surface area (Å²) < 4.78 is 5.09. The number of nitrogens with zero attached hydrogens (tertiary/aromatic N) is 1. The molecular weight excluding hydrogens is 256 g/mol. The first-order valence-corrected chi connectivity index (χ1v) is 6.65. The fraction of sp³-hybridized carbons (Fsp3) is 0.333. The summed E-state index contributed by atoms with van der Waals surface area (Å²) in [5.41, 5.74) is 1.40. The number of H-pyrrole nitrogens is 1. The van der Waals surface area contributed by atoms with Crippen molar-refractivity contribution in [1.29, 1.82) is 0 Å². The van der Waals surface area contributed by atoms with Gasteiger partial charge in [0.15, 0.2) is 5.75 Å². The molecule has 0 aliphatic rings. The Morgan fingerprint density at radius 2 is 1.95 bits per heavy atom. The van der Waals surface area contributed by atoms with Crippen molar-refractivity contribution in [3.8, 4) is 5.75 Å². The largest absolute Gasteiger partial charge is 0.424 e. The second-order valence-corrected chi connectivity index (χ2v) is 4.48. The van der Waals surface area contributed by atoms with E-state index in [0.29, 0.717) is 24.4 Å². The van der Waals surface area contributed by atoms with Gasteiger partial charge >= 0.3 is 5.97 Å². The van der Waals surface area contributed by atoms with E-state index in [1.165, 1.54) is 6.92 Å². The minimum atomic E-state index is -0.366. The number of aromatic nitrogens is 1. The number of hydrogen-bond donors (Lipinski definition) is 1. The third-order valence-corrected chi connectivity index (χ3v) is 3.20. The van der Waals surface area contributed by atoms with Gasteiger partial charge in [0.25, 0.3) is 5.91 Å². The van der Waals surface area contributed by atoms with E-state index in [-0.39, 0.29) is 11.9 Å². The highest BCUT2D eigenvalue weighted by Crippen LogP contribution is 2.26. The fourth-order valence-electron chi connectivity index (χ4n) is 2.17. The molecule has 1 aromatic carbocycles. The van der Waals surface area contributed by atoms with Crippen LogP contribution in [0.5, 0.6) is 5.75 Å². The number of hydrogen-bond acceptors (Lipinski definition) is 3. The number of esters is 1. The van der Waals surface area contributed by atoms with Crippen molar-refractivity contribution in [3.63, 3.8) is 0 Å². The molecule has 0 bridgehead atoms. The van der Waals surface area contributed by atoms with Gasteiger partial charge in [-0.15, -0.1) is 0 Å². The Morgan fingerprint density at radius 3 is 2.55 bits per heavy atom. The van der Waals surface area contributed by atoms with E-state index in [1.807, 2.05) is 13.8 Å². The average molecular weight is 274 g/mol. The molecule has 0 saturated heterocycles. The number of ether oxygens (including phenoxy) is 1. The van der Waals surface area contributed by atoms with Gasteiger partial charge in [0.1, 0.15) is 0 Å². The van der Waals surface area contributed by atoms with Crippen LogP contribution in [0.3, 0.4) is 0 Å². The van der Waals surface area contributed by atoms with Gasteiger partial charge in [0.2, 0.25) is 0 Å². The van der Waals surface area contributed by atoms with Gasteiger partial charge in [-0.3, -0.25) is 9.59 Å². The number of carbonyl (C=O) groups excluding carboxylic acids is 2. The van der Waals surface area contributed by atoms with Crippen LogP contribution in [0, 0.1) is 0 Å². The summed E-state index contributed by atoms with van der Waals surface area (Å²) in [7, 11) is 0. The van der Waals surface area contributed by atoms with E-state index in [2.05, 4.69) is 4.98 Å². The number of fused-ring (bicyclic) bond motifs is 1. The number of benzene rings is 1. The van der Waals surface area contributed by atoms with Crippen molar-refractivity contribution in [1.82, 2.24) is 9.88 Å². The lowest BCUT2D eigenvalue weighted by atomic mass is 10.1. The molecule has 0 spiro atoms. The number of nitrogens with one attached hydrogen (secondary N) is 1. The van der Waals surface area contributed by atoms with Crippen LogP contribution in [0.25, 0.3) is 10.9 Å². The summed E-state index contributed by atoms with van der Waals surface area (Å²) in [5, 5.41) is 0.788. The molecular formula is C15H18N2O3. The molecule has 0 radical (unpaired) electrons. The third kappa shape index (κ3) is 2.66. The zero-order valence-electron chi connectivity index (χ0n) is 11.9. The van der Waals surface area contributed by atoms with Gasteiger partial charge in [-0.05, 0) is 32.0 Å². The van der Waals surface area contributed by atoms with E-state index in [9.17, 15) is 9.59 Å². The van der Waals surface area contributed by atoms with E-state index in [4.69, 9.17) is 4.74 Å². The lowest BCUT2D eigenvalue weighted by molar-refractivity contribution is -0.131. The minimum absolute atomic E-state index is 0.000497.